The summed E-state index contributed by atoms with van der Waals surface area (Å²) in [5, 5.41) is 26.2. The summed E-state index contributed by atoms with van der Waals surface area (Å²) in [7, 11) is 1.38. The van der Waals surface area contributed by atoms with Gasteiger partial charge in [-0.1, -0.05) is 6.07 Å². The lowest BCUT2D eigenvalue weighted by Gasteiger charge is -2.06. The van der Waals surface area contributed by atoms with E-state index in [0.29, 0.717) is 5.56 Å². The third-order valence-electron chi connectivity index (χ3n) is 2.98. The van der Waals surface area contributed by atoms with Crippen LogP contribution in [0.5, 0.6) is 0 Å². The Hall–Kier alpha value is -3.23. The van der Waals surface area contributed by atoms with Crippen molar-refractivity contribution < 1.29 is 19.6 Å². The fourth-order valence-electron chi connectivity index (χ4n) is 1.95. The van der Waals surface area contributed by atoms with Gasteiger partial charge in [0.15, 0.2) is 5.69 Å². The number of benzene rings is 1. The van der Waals surface area contributed by atoms with E-state index in [1.54, 1.807) is 13.0 Å². The number of nitro groups is 1. The lowest BCUT2D eigenvalue weighted by Crippen LogP contribution is -2.17. The maximum absolute atomic E-state index is 12.2. The highest BCUT2D eigenvalue weighted by atomic mass is 16.6. The van der Waals surface area contributed by atoms with Crippen LogP contribution < -0.4 is 5.32 Å². The average molecular weight is 304 g/mol. The van der Waals surface area contributed by atoms with E-state index in [2.05, 4.69) is 10.4 Å². The van der Waals surface area contributed by atoms with Crippen LogP contribution in [0.25, 0.3) is 0 Å². The van der Waals surface area contributed by atoms with Crippen molar-refractivity contribution in [1.29, 1.82) is 0 Å². The number of aromatic nitrogens is 2. The van der Waals surface area contributed by atoms with Gasteiger partial charge in [-0.25, -0.2) is 4.79 Å². The van der Waals surface area contributed by atoms with Crippen LogP contribution in [-0.4, -0.2) is 31.7 Å². The number of carbonyl (C=O) groups is 2. The highest BCUT2D eigenvalue weighted by Crippen LogP contribution is 2.26. The number of hydrogen-bond acceptors (Lipinski definition) is 5. The smallest absolute Gasteiger partial charge is 0.354 e. The van der Waals surface area contributed by atoms with Gasteiger partial charge in [0, 0.05) is 13.1 Å². The molecule has 1 aromatic heterocycles. The number of nitrogens with one attached hydrogen (secondary N) is 1. The normalized spacial score (nSPS) is 10.3. The molecule has 0 saturated carbocycles. The zero-order valence-electron chi connectivity index (χ0n) is 11.7. The molecule has 2 aromatic rings. The van der Waals surface area contributed by atoms with Gasteiger partial charge in [0.05, 0.1) is 16.7 Å². The Bertz CT molecular complexity index is 781. The summed E-state index contributed by atoms with van der Waals surface area (Å²) < 4.78 is 1.04. The molecule has 1 heterocycles. The molecule has 0 aliphatic carbocycles. The molecular formula is C13H12N4O5. The fraction of sp³-hybridized carbons (Fsp3) is 0.154. The molecule has 1 amide bonds. The van der Waals surface area contributed by atoms with Crippen LogP contribution in [0.2, 0.25) is 0 Å². The SMILES string of the molecule is Cc1ccc(NC(=O)c2cnn(C)c2C(=O)O)c([N+](=O)[O-])c1. The number of hydrogen-bond donors (Lipinski definition) is 2. The zero-order valence-corrected chi connectivity index (χ0v) is 11.7. The fourth-order valence-corrected chi connectivity index (χ4v) is 1.95. The molecule has 1 aromatic carbocycles. The summed E-state index contributed by atoms with van der Waals surface area (Å²) in [6.45, 7) is 1.68. The van der Waals surface area contributed by atoms with Crippen molar-refractivity contribution in [2.45, 2.75) is 6.92 Å². The summed E-state index contributed by atoms with van der Waals surface area (Å²) in [6, 6.07) is 4.31. The molecular weight excluding hydrogens is 292 g/mol. The van der Waals surface area contributed by atoms with E-state index in [1.165, 1.54) is 19.2 Å². The van der Waals surface area contributed by atoms with Crippen LogP contribution in [0.4, 0.5) is 11.4 Å². The van der Waals surface area contributed by atoms with E-state index < -0.39 is 16.8 Å². The average Bonchev–Trinajstić information content (AvgIpc) is 2.82. The number of aryl methyl sites for hydroxylation is 2. The Balaban J connectivity index is 2.38. The molecule has 0 atom stereocenters. The number of aromatic carboxylic acids is 1. The first kappa shape index (κ1) is 15.2. The Kier molecular flexibility index (Phi) is 3.89. The van der Waals surface area contributed by atoms with Crippen LogP contribution in [0.1, 0.15) is 26.4 Å². The van der Waals surface area contributed by atoms with Crippen LogP contribution in [-0.2, 0) is 7.05 Å². The predicted molar refractivity (Wildman–Crippen MR) is 76.0 cm³/mol. The molecule has 2 N–H and O–H groups in total. The summed E-state index contributed by atoms with van der Waals surface area (Å²) in [5.41, 5.74) is -0.0932. The van der Waals surface area contributed by atoms with Crippen molar-refractivity contribution in [2.75, 3.05) is 5.32 Å². The van der Waals surface area contributed by atoms with E-state index in [9.17, 15) is 19.7 Å². The molecule has 0 aliphatic heterocycles. The highest BCUT2D eigenvalue weighted by Gasteiger charge is 2.23. The number of anilines is 1. The number of carbonyl (C=O) groups excluding carboxylic acids is 1. The maximum Gasteiger partial charge on any atom is 0.354 e. The first-order chi connectivity index (χ1) is 10.3. The van der Waals surface area contributed by atoms with E-state index in [1.807, 2.05) is 0 Å². The Morgan fingerprint density at radius 3 is 2.68 bits per heavy atom. The van der Waals surface area contributed by atoms with Crippen LogP contribution in [0.3, 0.4) is 0 Å². The maximum atomic E-state index is 12.2. The van der Waals surface area contributed by atoms with Gasteiger partial charge in [0.25, 0.3) is 11.6 Å². The van der Waals surface area contributed by atoms with Gasteiger partial charge in [0.2, 0.25) is 0 Å². The minimum atomic E-state index is -1.32. The van der Waals surface area contributed by atoms with Gasteiger partial charge in [-0.3, -0.25) is 19.6 Å². The highest BCUT2D eigenvalue weighted by molar-refractivity contribution is 6.10. The van der Waals surface area contributed by atoms with Crippen molar-refractivity contribution in [3.05, 3.63) is 51.3 Å². The molecule has 9 nitrogen and oxygen atoms in total. The third-order valence-corrected chi connectivity index (χ3v) is 2.98. The van der Waals surface area contributed by atoms with Crippen LogP contribution in [0.15, 0.2) is 24.4 Å². The van der Waals surface area contributed by atoms with E-state index >= 15 is 0 Å². The Morgan fingerprint density at radius 2 is 2.09 bits per heavy atom. The second kappa shape index (κ2) is 5.64. The number of carboxylic acids is 1. The third kappa shape index (κ3) is 2.77. The zero-order chi connectivity index (χ0) is 16.4. The molecule has 0 radical (unpaired) electrons. The Morgan fingerprint density at radius 1 is 1.41 bits per heavy atom. The second-order valence-electron chi connectivity index (χ2n) is 4.57. The summed E-state index contributed by atoms with van der Waals surface area (Å²) in [4.78, 5) is 33.7. The minimum Gasteiger partial charge on any atom is -0.477 e. The van der Waals surface area contributed by atoms with Crippen LogP contribution >= 0.6 is 0 Å². The molecule has 9 heteroatoms. The molecule has 0 spiro atoms. The summed E-state index contributed by atoms with van der Waals surface area (Å²) in [6.07, 6.45) is 1.10. The predicted octanol–water partition coefficient (Wildman–Crippen LogP) is 1.59. The standard InChI is InChI=1S/C13H12N4O5/c1-7-3-4-9(10(5-7)17(21)22)15-12(18)8-6-14-16(2)11(8)13(19)20/h3-6H,1-2H3,(H,15,18)(H,19,20). The van der Waals surface area contributed by atoms with Gasteiger partial charge in [-0.2, -0.15) is 5.10 Å². The van der Waals surface area contributed by atoms with E-state index in [-0.39, 0.29) is 22.6 Å². The van der Waals surface area contributed by atoms with Crippen molar-refractivity contribution >= 4 is 23.3 Å². The number of rotatable bonds is 4. The van der Waals surface area contributed by atoms with Crippen molar-refractivity contribution in [1.82, 2.24) is 9.78 Å². The lowest BCUT2D eigenvalue weighted by atomic mass is 10.1. The quantitative estimate of drug-likeness (QED) is 0.652. The first-order valence-electron chi connectivity index (χ1n) is 6.13. The molecule has 2 rings (SSSR count). The summed E-state index contributed by atoms with van der Waals surface area (Å²) in [5.74, 6) is -2.10. The van der Waals surface area contributed by atoms with E-state index in [0.717, 1.165) is 10.9 Å². The van der Waals surface area contributed by atoms with Gasteiger partial charge in [-0.15, -0.1) is 0 Å². The number of nitro benzene ring substituents is 1. The van der Waals surface area contributed by atoms with Gasteiger partial charge in [-0.05, 0) is 18.6 Å². The van der Waals surface area contributed by atoms with Crippen molar-refractivity contribution in [2.24, 2.45) is 7.05 Å². The molecule has 0 saturated heterocycles. The van der Waals surface area contributed by atoms with Gasteiger partial charge >= 0.3 is 5.97 Å². The minimum absolute atomic E-state index is 0.0132. The van der Waals surface area contributed by atoms with Crippen LogP contribution in [0, 0.1) is 17.0 Å². The molecule has 0 fully saturated rings. The second-order valence-corrected chi connectivity index (χ2v) is 4.57. The first-order valence-corrected chi connectivity index (χ1v) is 6.13. The topological polar surface area (TPSA) is 127 Å². The van der Waals surface area contributed by atoms with Crippen molar-refractivity contribution in [3.63, 3.8) is 0 Å². The molecule has 114 valence electrons. The van der Waals surface area contributed by atoms with Crippen molar-refractivity contribution in [3.8, 4) is 0 Å². The van der Waals surface area contributed by atoms with Gasteiger partial charge in [0.1, 0.15) is 5.69 Å². The number of carboxylic acid groups (broad SMARTS) is 1. The molecule has 0 unspecified atom stereocenters. The summed E-state index contributed by atoms with van der Waals surface area (Å²) >= 11 is 0. The number of amides is 1. The Labute approximate surface area is 124 Å². The van der Waals surface area contributed by atoms with E-state index in [4.69, 9.17) is 5.11 Å². The van der Waals surface area contributed by atoms with Gasteiger partial charge < -0.3 is 10.4 Å². The monoisotopic (exact) mass is 304 g/mol. The number of nitrogens with zero attached hydrogens (tertiary/aromatic N) is 3. The molecule has 0 bridgehead atoms. The molecule has 0 aliphatic rings. The lowest BCUT2D eigenvalue weighted by molar-refractivity contribution is -0.384. The molecule has 22 heavy (non-hydrogen) atoms. The largest absolute Gasteiger partial charge is 0.477 e.